The molecule has 2 aromatic carbocycles. The number of likely N-dealkylation sites (tertiary alicyclic amines) is 1. The summed E-state index contributed by atoms with van der Waals surface area (Å²) in [6.07, 6.45) is 2.49. The van der Waals surface area contributed by atoms with Crippen molar-refractivity contribution in [1.29, 1.82) is 5.26 Å². The second kappa shape index (κ2) is 6.55. The molecule has 0 spiro atoms. The van der Waals surface area contributed by atoms with Crippen LogP contribution < -0.4 is 5.32 Å². The van der Waals surface area contributed by atoms with Crippen molar-refractivity contribution in [2.45, 2.75) is 37.8 Å². The summed E-state index contributed by atoms with van der Waals surface area (Å²) in [6.45, 7) is 2.43. The fourth-order valence-electron chi connectivity index (χ4n) is 4.19. The van der Waals surface area contributed by atoms with Gasteiger partial charge >= 0.3 is 0 Å². The normalized spacial score (nSPS) is 23.8. The molecule has 27 heavy (non-hydrogen) atoms. The van der Waals surface area contributed by atoms with Gasteiger partial charge in [0, 0.05) is 12.1 Å². The maximum Gasteiger partial charge on any atom is 0.252 e. The molecule has 2 unspecified atom stereocenters. The first-order chi connectivity index (χ1) is 13.0. The van der Waals surface area contributed by atoms with E-state index in [4.69, 9.17) is 5.26 Å². The van der Waals surface area contributed by atoms with E-state index in [9.17, 15) is 9.59 Å². The number of rotatable bonds is 3. The highest BCUT2D eigenvalue weighted by Crippen LogP contribution is 2.39. The molecule has 1 saturated heterocycles. The molecule has 1 N–H and O–H groups in total. The van der Waals surface area contributed by atoms with Crippen molar-refractivity contribution in [2.24, 2.45) is 0 Å². The van der Waals surface area contributed by atoms with Gasteiger partial charge in [-0.2, -0.15) is 5.26 Å². The van der Waals surface area contributed by atoms with Gasteiger partial charge in [0.15, 0.2) is 0 Å². The van der Waals surface area contributed by atoms with Crippen molar-refractivity contribution in [3.8, 4) is 6.07 Å². The molecular formula is C22H21N3O2. The summed E-state index contributed by atoms with van der Waals surface area (Å²) in [5, 5.41) is 11.9. The first-order valence-electron chi connectivity index (χ1n) is 9.23. The first-order valence-corrected chi connectivity index (χ1v) is 9.23. The lowest BCUT2D eigenvalue weighted by Gasteiger charge is -2.29. The van der Waals surface area contributed by atoms with E-state index in [-0.39, 0.29) is 17.9 Å². The SMILES string of the molecule is CC1(NC(=O)c2cccc(C#N)c2)CCN(C2CCc3ccccc32)C1=O. The van der Waals surface area contributed by atoms with Crippen LogP contribution in [0.25, 0.3) is 0 Å². The van der Waals surface area contributed by atoms with Gasteiger partial charge in [-0.25, -0.2) is 0 Å². The topological polar surface area (TPSA) is 73.2 Å². The first kappa shape index (κ1) is 17.3. The van der Waals surface area contributed by atoms with E-state index in [1.54, 1.807) is 31.2 Å². The zero-order chi connectivity index (χ0) is 19.0. The summed E-state index contributed by atoms with van der Waals surface area (Å²) in [5.41, 5.74) is 2.43. The van der Waals surface area contributed by atoms with Gasteiger partial charge in [-0.05, 0) is 55.5 Å². The molecule has 1 aliphatic carbocycles. The summed E-state index contributed by atoms with van der Waals surface area (Å²) in [6, 6.07) is 16.9. The third-order valence-electron chi connectivity index (χ3n) is 5.71. The van der Waals surface area contributed by atoms with Crippen molar-refractivity contribution in [2.75, 3.05) is 6.54 Å². The molecule has 0 radical (unpaired) electrons. The summed E-state index contributed by atoms with van der Waals surface area (Å²) in [7, 11) is 0. The minimum absolute atomic E-state index is 0.0333. The van der Waals surface area contributed by atoms with Crippen LogP contribution in [0.2, 0.25) is 0 Å². The predicted octanol–water partition coefficient (Wildman–Crippen LogP) is 2.97. The lowest BCUT2D eigenvalue weighted by Crippen LogP contribution is -2.52. The van der Waals surface area contributed by atoms with E-state index in [2.05, 4.69) is 17.4 Å². The summed E-state index contributed by atoms with van der Waals surface area (Å²) in [5.74, 6) is -0.356. The number of hydrogen-bond acceptors (Lipinski definition) is 3. The summed E-state index contributed by atoms with van der Waals surface area (Å²) < 4.78 is 0. The van der Waals surface area contributed by atoms with Gasteiger partial charge < -0.3 is 10.2 Å². The molecule has 4 rings (SSSR count). The van der Waals surface area contributed by atoms with Crippen LogP contribution in [0.3, 0.4) is 0 Å². The van der Waals surface area contributed by atoms with Crippen LogP contribution in [0, 0.1) is 11.3 Å². The Kier molecular flexibility index (Phi) is 4.19. The van der Waals surface area contributed by atoms with Crippen molar-refractivity contribution in [3.05, 3.63) is 70.8 Å². The average molecular weight is 359 g/mol. The van der Waals surface area contributed by atoms with Gasteiger partial charge in [-0.1, -0.05) is 30.3 Å². The molecule has 0 aromatic heterocycles. The van der Waals surface area contributed by atoms with E-state index in [0.717, 1.165) is 12.8 Å². The fourth-order valence-corrected chi connectivity index (χ4v) is 4.19. The number of carbonyl (C=O) groups is 2. The standard InChI is InChI=1S/C22H21N3O2/c1-22(24-20(26)17-7-4-5-15(13-17)14-23)11-12-25(21(22)27)19-10-9-16-6-2-3-8-18(16)19/h2-8,13,19H,9-12H2,1H3,(H,24,26). The number of aryl methyl sites for hydroxylation is 1. The maximum atomic E-state index is 13.2. The second-order valence-electron chi connectivity index (χ2n) is 7.48. The van der Waals surface area contributed by atoms with E-state index in [0.29, 0.717) is 24.1 Å². The molecule has 5 nitrogen and oxygen atoms in total. The largest absolute Gasteiger partial charge is 0.338 e. The Morgan fingerprint density at radius 1 is 1.26 bits per heavy atom. The third-order valence-corrected chi connectivity index (χ3v) is 5.71. The minimum Gasteiger partial charge on any atom is -0.338 e. The lowest BCUT2D eigenvalue weighted by atomic mass is 9.99. The molecular weight excluding hydrogens is 338 g/mol. The number of carbonyl (C=O) groups excluding carboxylic acids is 2. The Hall–Kier alpha value is -3.13. The van der Waals surface area contributed by atoms with Crippen LogP contribution in [0.4, 0.5) is 0 Å². The number of nitriles is 1. The molecule has 2 aromatic rings. The van der Waals surface area contributed by atoms with Gasteiger partial charge in [0.05, 0.1) is 17.7 Å². The monoisotopic (exact) mass is 359 g/mol. The van der Waals surface area contributed by atoms with Crippen LogP contribution in [0.5, 0.6) is 0 Å². The van der Waals surface area contributed by atoms with Crippen molar-refractivity contribution in [3.63, 3.8) is 0 Å². The van der Waals surface area contributed by atoms with Crippen LogP contribution in [-0.4, -0.2) is 28.8 Å². The molecule has 2 atom stereocenters. The van der Waals surface area contributed by atoms with Crippen LogP contribution in [-0.2, 0) is 11.2 Å². The zero-order valence-corrected chi connectivity index (χ0v) is 15.2. The molecule has 2 amide bonds. The molecule has 2 aliphatic rings. The molecule has 136 valence electrons. The van der Waals surface area contributed by atoms with Gasteiger partial charge in [-0.3, -0.25) is 9.59 Å². The molecule has 0 saturated carbocycles. The number of fused-ring (bicyclic) bond motifs is 1. The van der Waals surface area contributed by atoms with Gasteiger partial charge in [0.25, 0.3) is 5.91 Å². The van der Waals surface area contributed by atoms with E-state index in [1.807, 2.05) is 23.1 Å². The Labute approximate surface area is 158 Å². The highest BCUT2D eigenvalue weighted by atomic mass is 16.2. The number of hydrogen-bond donors (Lipinski definition) is 1. The predicted molar refractivity (Wildman–Crippen MR) is 101 cm³/mol. The Balaban J connectivity index is 1.52. The Bertz CT molecular complexity index is 962. The lowest BCUT2D eigenvalue weighted by molar-refractivity contribution is -0.134. The van der Waals surface area contributed by atoms with Crippen molar-refractivity contribution < 1.29 is 9.59 Å². The number of amides is 2. The number of nitrogens with one attached hydrogen (secondary N) is 1. The third kappa shape index (κ3) is 2.97. The minimum atomic E-state index is -0.919. The molecule has 0 bridgehead atoms. The number of nitrogens with zero attached hydrogens (tertiary/aromatic N) is 2. The van der Waals surface area contributed by atoms with Gasteiger partial charge in [-0.15, -0.1) is 0 Å². The highest BCUT2D eigenvalue weighted by molar-refractivity contribution is 6.00. The van der Waals surface area contributed by atoms with Crippen LogP contribution in [0.1, 0.15) is 52.9 Å². The Morgan fingerprint density at radius 3 is 2.89 bits per heavy atom. The van der Waals surface area contributed by atoms with Gasteiger partial charge in [0.2, 0.25) is 5.91 Å². The molecule has 1 fully saturated rings. The van der Waals surface area contributed by atoms with Crippen molar-refractivity contribution in [1.82, 2.24) is 10.2 Å². The van der Waals surface area contributed by atoms with Crippen molar-refractivity contribution >= 4 is 11.8 Å². The zero-order valence-electron chi connectivity index (χ0n) is 15.2. The second-order valence-corrected chi connectivity index (χ2v) is 7.48. The smallest absolute Gasteiger partial charge is 0.252 e. The maximum absolute atomic E-state index is 13.2. The van der Waals surface area contributed by atoms with Gasteiger partial charge in [0.1, 0.15) is 5.54 Å². The quantitative estimate of drug-likeness (QED) is 0.916. The molecule has 5 heteroatoms. The highest BCUT2D eigenvalue weighted by Gasteiger charge is 2.47. The van der Waals surface area contributed by atoms with Crippen LogP contribution in [0.15, 0.2) is 48.5 Å². The molecule has 1 heterocycles. The Morgan fingerprint density at radius 2 is 2.07 bits per heavy atom. The van der Waals surface area contributed by atoms with E-state index in [1.165, 1.54) is 11.1 Å². The van der Waals surface area contributed by atoms with Crippen LogP contribution >= 0.6 is 0 Å². The van der Waals surface area contributed by atoms with E-state index < -0.39 is 5.54 Å². The summed E-state index contributed by atoms with van der Waals surface area (Å²) in [4.78, 5) is 27.7. The molecule has 1 aliphatic heterocycles. The average Bonchev–Trinajstić information content (AvgIpc) is 3.23. The summed E-state index contributed by atoms with van der Waals surface area (Å²) >= 11 is 0. The number of benzene rings is 2. The fraction of sp³-hybridized carbons (Fsp3) is 0.318. The van der Waals surface area contributed by atoms with E-state index >= 15 is 0 Å².